The molecule has 0 atom stereocenters. The Kier molecular flexibility index (Phi) is 5.21. The third-order valence-electron chi connectivity index (χ3n) is 4.90. The molecule has 1 heterocycles. The monoisotopic (exact) mass is 345 g/mol. The van der Waals surface area contributed by atoms with Crippen molar-refractivity contribution in [1.29, 1.82) is 0 Å². The number of carbonyl (C=O) groups excluding carboxylic acids is 1. The summed E-state index contributed by atoms with van der Waals surface area (Å²) in [4.78, 5) is 13.9. The van der Waals surface area contributed by atoms with E-state index in [1.807, 2.05) is 12.1 Å². The van der Waals surface area contributed by atoms with Crippen molar-refractivity contribution in [1.82, 2.24) is 5.32 Å². The van der Waals surface area contributed by atoms with Crippen molar-refractivity contribution < 1.29 is 14.6 Å². The SMILES string of the molecule is COc1ccccc1C(=O)NCC1(c2cccs2)CCC(O)CC1. The van der Waals surface area contributed by atoms with E-state index in [4.69, 9.17) is 4.74 Å². The van der Waals surface area contributed by atoms with E-state index >= 15 is 0 Å². The maximum absolute atomic E-state index is 12.6. The standard InChI is InChI=1S/C19H23NO3S/c1-23-16-6-3-2-5-15(16)18(22)20-13-19(17-7-4-12-24-17)10-8-14(21)9-11-19/h2-7,12,14,21H,8-11,13H2,1H3,(H,20,22). The number of rotatable bonds is 5. The van der Waals surface area contributed by atoms with Crippen LogP contribution in [0, 0.1) is 0 Å². The number of thiophene rings is 1. The minimum Gasteiger partial charge on any atom is -0.496 e. The summed E-state index contributed by atoms with van der Waals surface area (Å²) in [5, 5.41) is 15.0. The average Bonchev–Trinajstić information content (AvgIpc) is 3.16. The van der Waals surface area contributed by atoms with Gasteiger partial charge in [0, 0.05) is 16.8 Å². The van der Waals surface area contributed by atoms with Gasteiger partial charge in [0.2, 0.25) is 0 Å². The van der Waals surface area contributed by atoms with Gasteiger partial charge in [0.25, 0.3) is 5.91 Å². The number of aliphatic hydroxyl groups excluding tert-OH is 1. The molecule has 0 saturated heterocycles. The van der Waals surface area contributed by atoms with E-state index in [1.165, 1.54) is 4.88 Å². The zero-order valence-corrected chi connectivity index (χ0v) is 14.6. The number of carbonyl (C=O) groups is 1. The molecule has 1 fully saturated rings. The number of benzene rings is 1. The fraction of sp³-hybridized carbons (Fsp3) is 0.421. The van der Waals surface area contributed by atoms with Gasteiger partial charge in [-0.25, -0.2) is 0 Å². The number of hydrogen-bond donors (Lipinski definition) is 2. The number of para-hydroxylation sites is 1. The van der Waals surface area contributed by atoms with Crippen molar-refractivity contribution in [3.8, 4) is 5.75 Å². The first kappa shape index (κ1) is 17.0. The normalized spacial score (nSPS) is 23.7. The second kappa shape index (κ2) is 7.36. The number of nitrogens with one attached hydrogen (secondary N) is 1. The van der Waals surface area contributed by atoms with Crippen molar-refractivity contribution in [3.63, 3.8) is 0 Å². The topological polar surface area (TPSA) is 58.6 Å². The van der Waals surface area contributed by atoms with Crippen molar-refractivity contribution in [3.05, 3.63) is 52.2 Å². The van der Waals surface area contributed by atoms with Gasteiger partial charge in [0.05, 0.1) is 18.8 Å². The molecule has 2 aromatic rings. The summed E-state index contributed by atoms with van der Waals surface area (Å²) in [6.45, 7) is 0.580. The molecule has 1 saturated carbocycles. The van der Waals surface area contributed by atoms with Gasteiger partial charge in [-0.05, 0) is 49.3 Å². The van der Waals surface area contributed by atoms with Gasteiger partial charge in [0.15, 0.2) is 0 Å². The first-order valence-corrected chi connectivity index (χ1v) is 9.16. The van der Waals surface area contributed by atoms with E-state index in [0.29, 0.717) is 17.9 Å². The van der Waals surface area contributed by atoms with Crippen LogP contribution in [-0.4, -0.2) is 30.8 Å². The summed E-state index contributed by atoms with van der Waals surface area (Å²) in [7, 11) is 1.57. The highest BCUT2D eigenvalue weighted by Crippen LogP contribution is 2.41. The Labute approximate surface area is 146 Å². The van der Waals surface area contributed by atoms with Gasteiger partial charge < -0.3 is 15.2 Å². The zero-order chi connectivity index (χ0) is 17.0. The van der Waals surface area contributed by atoms with E-state index in [1.54, 1.807) is 30.6 Å². The van der Waals surface area contributed by atoms with E-state index in [0.717, 1.165) is 25.7 Å². The summed E-state index contributed by atoms with van der Waals surface area (Å²) < 4.78 is 5.28. The summed E-state index contributed by atoms with van der Waals surface area (Å²) in [5.41, 5.74) is 0.475. The van der Waals surface area contributed by atoms with Gasteiger partial charge >= 0.3 is 0 Å². The maximum Gasteiger partial charge on any atom is 0.255 e. The Morgan fingerprint density at radius 3 is 2.71 bits per heavy atom. The first-order valence-electron chi connectivity index (χ1n) is 8.28. The van der Waals surface area contributed by atoms with Gasteiger partial charge in [-0.1, -0.05) is 18.2 Å². The van der Waals surface area contributed by atoms with Gasteiger partial charge in [-0.2, -0.15) is 0 Å². The van der Waals surface area contributed by atoms with Crippen LogP contribution in [0.3, 0.4) is 0 Å². The Hall–Kier alpha value is -1.85. The minimum atomic E-state index is -0.219. The van der Waals surface area contributed by atoms with E-state index in [9.17, 15) is 9.90 Å². The van der Waals surface area contributed by atoms with Gasteiger partial charge in [0.1, 0.15) is 5.75 Å². The molecule has 1 aliphatic carbocycles. The molecule has 0 unspecified atom stereocenters. The lowest BCUT2D eigenvalue weighted by atomic mass is 9.72. The van der Waals surface area contributed by atoms with Gasteiger partial charge in [-0.15, -0.1) is 11.3 Å². The van der Waals surface area contributed by atoms with Crippen LogP contribution in [0.25, 0.3) is 0 Å². The number of methoxy groups -OCH3 is 1. The van der Waals surface area contributed by atoms with E-state index < -0.39 is 0 Å². The highest BCUT2D eigenvalue weighted by molar-refractivity contribution is 7.10. The highest BCUT2D eigenvalue weighted by atomic mass is 32.1. The van der Waals surface area contributed by atoms with Crippen LogP contribution < -0.4 is 10.1 Å². The van der Waals surface area contributed by atoms with Crippen LogP contribution in [0.15, 0.2) is 41.8 Å². The molecule has 0 aliphatic heterocycles. The summed E-state index contributed by atoms with van der Waals surface area (Å²) in [6.07, 6.45) is 3.12. The molecule has 1 aromatic carbocycles. The Morgan fingerprint density at radius 2 is 2.04 bits per heavy atom. The lowest BCUT2D eigenvalue weighted by Crippen LogP contribution is -2.43. The van der Waals surface area contributed by atoms with E-state index in [-0.39, 0.29) is 17.4 Å². The molecule has 0 radical (unpaired) electrons. The lowest BCUT2D eigenvalue weighted by molar-refractivity contribution is 0.0856. The first-order chi connectivity index (χ1) is 11.6. The molecule has 0 bridgehead atoms. The number of amides is 1. The Bertz CT molecular complexity index is 676. The number of hydrogen-bond acceptors (Lipinski definition) is 4. The molecule has 1 amide bonds. The molecular weight excluding hydrogens is 322 g/mol. The molecule has 5 heteroatoms. The number of ether oxygens (including phenoxy) is 1. The smallest absolute Gasteiger partial charge is 0.255 e. The highest BCUT2D eigenvalue weighted by Gasteiger charge is 2.37. The largest absolute Gasteiger partial charge is 0.496 e. The van der Waals surface area contributed by atoms with Gasteiger partial charge in [-0.3, -0.25) is 4.79 Å². The Balaban J connectivity index is 1.76. The molecule has 24 heavy (non-hydrogen) atoms. The summed E-state index contributed by atoms with van der Waals surface area (Å²) >= 11 is 1.73. The van der Waals surface area contributed by atoms with Crippen molar-refractivity contribution in [2.75, 3.05) is 13.7 Å². The molecule has 1 aromatic heterocycles. The third kappa shape index (κ3) is 3.47. The van der Waals surface area contributed by atoms with Crippen molar-refractivity contribution in [2.24, 2.45) is 0 Å². The Morgan fingerprint density at radius 1 is 1.29 bits per heavy atom. The quantitative estimate of drug-likeness (QED) is 0.874. The zero-order valence-electron chi connectivity index (χ0n) is 13.8. The summed E-state index contributed by atoms with van der Waals surface area (Å²) in [5.74, 6) is 0.466. The fourth-order valence-corrected chi connectivity index (χ4v) is 4.41. The van der Waals surface area contributed by atoms with Crippen molar-refractivity contribution >= 4 is 17.2 Å². The van der Waals surface area contributed by atoms with Crippen LogP contribution in [0.2, 0.25) is 0 Å². The second-order valence-electron chi connectivity index (χ2n) is 6.37. The van der Waals surface area contributed by atoms with Crippen LogP contribution in [0.4, 0.5) is 0 Å². The molecule has 2 N–H and O–H groups in total. The van der Waals surface area contributed by atoms with Crippen LogP contribution in [-0.2, 0) is 5.41 Å². The van der Waals surface area contributed by atoms with Crippen LogP contribution in [0.5, 0.6) is 5.75 Å². The fourth-order valence-electron chi connectivity index (χ4n) is 3.42. The second-order valence-corrected chi connectivity index (χ2v) is 7.32. The molecule has 128 valence electrons. The molecule has 3 rings (SSSR count). The van der Waals surface area contributed by atoms with Crippen LogP contribution in [0.1, 0.15) is 40.9 Å². The molecule has 0 spiro atoms. The lowest BCUT2D eigenvalue weighted by Gasteiger charge is -2.38. The summed E-state index contributed by atoms with van der Waals surface area (Å²) in [6, 6.07) is 11.4. The maximum atomic E-state index is 12.6. The van der Waals surface area contributed by atoms with Crippen LogP contribution >= 0.6 is 11.3 Å². The minimum absolute atomic E-state index is 0.0783. The molecular formula is C19H23NO3S. The number of aliphatic hydroxyl groups is 1. The predicted molar refractivity (Wildman–Crippen MR) is 95.8 cm³/mol. The third-order valence-corrected chi connectivity index (χ3v) is 6.01. The molecule has 1 aliphatic rings. The molecule has 4 nitrogen and oxygen atoms in total. The average molecular weight is 345 g/mol. The predicted octanol–water partition coefficient (Wildman–Crippen LogP) is 3.36. The van der Waals surface area contributed by atoms with E-state index in [2.05, 4.69) is 22.8 Å². The van der Waals surface area contributed by atoms with Crippen molar-refractivity contribution in [2.45, 2.75) is 37.2 Å².